The van der Waals surface area contributed by atoms with Gasteiger partial charge in [0.05, 0.1) is 6.04 Å². The van der Waals surface area contributed by atoms with Gasteiger partial charge in [0.25, 0.3) is 0 Å². The molecule has 2 heterocycles. The molecule has 1 N–H and O–H groups in total. The van der Waals surface area contributed by atoms with Crippen molar-refractivity contribution in [3.63, 3.8) is 0 Å². The van der Waals surface area contributed by atoms with Crippen molar-refractivity contribution in [1.82, 2.24) is 4.98 Å². The van der Waals surface area contributed by atoms with Gasteiger partial charge >= 0.3 is 0 Å². The van der Waals surface area contributed by atoms with Crippen molar-refractivity contribution in [2.75, 3.05) is 0 Å². The van der Waals surface area contributed by atoms with Crippen molar-refractivity contribution in [2.24, 2.45) is 10.4 Å². The van der Waals surface area contributed by atoms with Crippen LogP contribution in [0.3, 0.4) is 0 Å². The zero-order chi connectivity index (χ0) is 20.0. The third-order valence-corrected chi connectivity index (χ3v) is 7.13. The van der Waals surface area contributed by atoms with Crippen LogP contribution in [0.5, 0.6) is 17.4 Å². The van der Waals surface area contributed by atoms with Gasteiger partial charge in [-0.15, -0.1) is 23.8 Å². The van der Waals surface area contributed by atoms with Gasteiger partial charge in [-0.1, -0.05) is 32.0 Å². The van der Waals surface area contributed by atoms with E-state index in [0.29, 0.717) is 33.9 Å². The van der Waals surface area contributed by atoms with Crippen LogP contribution < -0.4 is 4.74 Å². The maximum absolute atomic E-state index is 10.0. The summed E-state index contributed by atoms with van der Waals surface area (Å²) in [6.45, 7) is 4.69. The first kappa shape index (κ1) is 21.4. The Morgan fingerprint density at radius 2 is 1.97 bits per heavy atom. The molecule has 2 atom stereocenters. The van der Waals surface area contributed by atoms with Gasteiger partial charge in [0.2, 0.25) is 5.88 Å². The molecule has 0 radical (unpaired) electrons. The van der Waals surface area contributed by atoms with Crippen LogP contribution in [0.1, 0.15) is 38.7 Å². The minimum absolute atomic E-state index is 0. The molecular formula is C24H23N2O2PtS-. The molecule has 1 fully saturated rings. The Morgan fingerprint density at radius 3 is 2.83 bits per heavy atom. The Bertz CT molecular complexity index is 1120. The number of pyridine rings is 1. The van der Waals surface area contributed by atoms with Crippen molar-refractivity contribution in [1.29, 1.82) is 0 Å². The van der Waals surface area contributed by atoms with E-state index in [1.54, 1.807) is 18.2 Å². The van der Waals surface area contributed by atoms with Crippen LogP contribution in [-0.4, -0.2) is 26.4 Å². The summed E-state index contributed by atoms with van der Waals surface area (Å²) in [5.74, 6) is 1.18. The van der Waals surface area contributed by atoms with Crippen LogP contribution in [0.2, 0.25) is 0 Å². The fourth-order valence-corrected chi connectivity index (χ4v) is 5.44. The number of phenolic OH excluding ortho intramolecular Hbond substituents is 1. The van der Waals surface area contributed by atoms with Gasteiger partial charge in [0.15, 0.2) is 0 Å². The number of thioether (sulfide) groups is 1. The summed E-state index contributed by atoms with van der Waals surface area (Å²) in [7, 11) is 0. The minimum atomic E-state index is 0. The van der Waals surface area contributed by atoms with Crippen LogP contribution in [0, 0.1) is 11.5 Å². The summed E-state index contributed by atoms with van der Waals surface area (Å²) in [5, 5.41) is 12.6. The first-order valence-corrected chi connectivity index (χ1v) is 10.9. The predicted octanol–water partition coefficient (Wildman–Crippen LogP) is 5.97. The summed E-state index contributed by atoms with van der Waals surface area (Å²) < 4.78 is 5.95. The second-order valence-corrected chi connectivity index (χ2v) is 9.82. The van der Waals surface area contributed by atoms with Crippen molar-refractivity contribution in [3.8, 4) is 17.4 Å². The van der Waals surface area contributed by atoms with E-state index in [0.717, 1.165) is 22.4 Å². The maximum Gasteiger partial charge on any atom is 0.217 e. The van der Waals surface area contributed by atoms with E-state index in [4.69, 9.17) is 9.73 Å². The average Bonchev–Trinajstić information content (AvgIpc) is 3.11. The average molecular weight is 599 g/mol. The number of fused-ring (bicyclic) bond motifs is 2. The third kappa shape index (κ3) is 4.29. The normalized spacial score (nSPS) is 22.1. The van der Waals surface area contributed by atoms with Gasteiger partial charge in [0.1, 0.15) is 11.3 Å². The predicted molar refractivity (Wildman–Crippen MR) is 118 cm³/mol. The maximum atomic E-state index is 10.0. The van der Waals surface area contributed by atoms with Gasteiger partial charge in [-0.3, -0.25) is 0 Å². The van der Waals surface area contributed by atoms with Crippen molar-refractivity contribution in [2.45, 2.75) is 44.4 Å². The topological polar surface area (TPSA) is 54.7 Å². The molecule has 4 nitrogen and oxygen atoms in total. The van der Waals surface area contributed by atoms with Crippen LogP contribution in [-0.2, 0) is 21.1 Å². The van der Waals surface area contributed by atoms with Gasteiger partial charge in [-0.2, -0.15) is 11.8 Å². The number of benzene rings is 2. The number of para-hydroxylation sites is 1. The monoisotopic (exact) mass is 598 g/mol. The second-order valence-electron chi connectivity index (χ2n) is 8.59. The minimum Gasteiger partial charge on any atom is -0.506 e. The number of hydrogen-bond donors (Lipinski definition) is 1. The SMILES string of the molecule is CC1(C)CC[C@@H]2SC(c3[c-]c(Oc4ccc5cccc(O)c5n4)ccc3)=N[C@H]2C1.[Pt]. The smallest absolute Gasteiger partial charge is 0.217 e. The Labute approximate surface area is 195 Å². The fourth-order valence-electron chi connectivity index (χ4n) is 4.16. The van der Waals surface area contributed by atoms with Crippen LogP contribution in [0.25, 0.3) is 10.9 Å². The summed E-state index contributed by atoms with van der Waals surface area (Å²) in [5.41, 5.74) is 1.88. The quantitative estimate of drug-likeness (QED) is 0.378. The number of nitrogens with zero attached hydrogens (tertiary/aromatic N) is 2. The molecule has 30 heavy (non-hydrogen) atoms. The molecule has 0 spiro atoms. The van der Waals surface area contributed by atoms with Crippen molar-refractivity contribution >= 4 is 27.7 Å². The molecule has 0 bridgehead atoms. The number of hydrogen-bond acceptors (Lipinski definition) is 5. The van der Waals surface area contributed by atoms with Crippen LogP contribution >= 0.6 is 11.8 Å². The molecule has 0 saturated heterocycles. The first-order chi connectivity index (χ1) is 14.0. The zero-order valence-electron chi connectivity index (χ0n) is 16.9. The van der Waals surface area contributed by atoms with Crippen molar-refractivity contribution < 1.29 is 30.9 Å². The number of ether oxygens (including phenoxy) is 1. The van der Waals surface area contributed by atoms with Crippen molar-refractivity contribution in [3.05, 3.63) is 60.2 Å². The van der Waals surface area contributed by atoms with E-state index >= 15 is 0 Å². The van der Waals surface area contributed by atoms with E-state index in [1.165, 1.54) is 12.8 Å². The van der Waals surface area contributed by atoms with Gasteiger partial charge in [0, 0.05) is 48.6 Å². The van der Waals surface area contributed by atoms with E-state index < -0.39 is 0 Å². The summed E-state index contributed by atoms with van der Waals surface area (Å²) in [6.07, 6.45) is 3.63. The molecule has 0 unspecified atom stereocenters. The van der Waals surface area contributed by atoms with Gasteiger partial charge in [-0.05, 0) is 36.8 Å². The van der Waals surface area contributed by atoms with E-state index in [9.17, 15) is 5.11 Å². The van der Waals surface area contributed by atoms with Crippen LogP contribution in [0.15, 0.2) is 53.5 Å². The van der Waals surface area contributed by atoms with Gasteiger partial charge < -0.3 is 14.8 Å². The van der Waals surface area contributed by atoms with E-state index in [2.05, 4.69) is 24.9 Å². The Hall–Kier alpha value is -1.84. The Balaban J connectivity index is 0.00000218. The molecule has 1 saturated carbocycles. The molecule has 1 aliphatic heterocycles. The summed E-state index contributed by atoms with van der Waals surface area (Å²) in [6, 6.07) is 18.7. The molecule has 5 rings (SSSR count). The Morgan fingerprint density at radius 1 is 1.13 bits per heavy atom. The number of rotatable bonds is 3. The summed E-state index contributed by atoms with van der Waals surface area (Å²) >= 11 is 1.88. The third-order valence-electron chi connectivity index (χ3n) is 5.73. The summed E-state index contributed by atoms with van der Waals surface area (Å²) in [4.78, 5) is 9.47. The number of aromatic hydroxyl groups is 1. The standard InChI is InChI=1S/C24H23N2O2S.Pt/c1-24(2)12-11-20-18(14-24)25-23(29-20)16-6-3-7-17(13-16)28-21-10-9-15-5-4-8-19(27)22(15)26-21;/h3-10,18,20,27H,11-12,14H2,1-2H3;/q-1;/t18-,20-;/m0./s1. The molecule has 1 aromatic heterocycles. The van der Waals surface area contributed by atoms with Gasteiger partial charge in [-0.25, -0.2) is 4.98 Å². The first-order valence-electron chi connectivity index (χ1n) is 10.0. The van der Waals surface area contributed by atoms with Crippen LogP contribution in [0.4, 0.5) is 0 Å². The number of aliphatic imine (C=N–C) groups is 1. The fraction of sp³-hybridized carbons (Fsp3) is 0.333. The molecule has 2 aromatic carbocycles. The zero-order valence-corrected chi connectivity index (χ0v) is 20.0. The number of phenols is 1. The second kappa shape index (κ2) is 8.36. The molecular weight excluding hydrogens is 575 g/mol. The Kier molecular flexibility index (Phi) is 5.96. The molecule has 6 heteroatoms. The van der Waals surface area contributed by atoms with E-state index in [1.807, 2.05) is 42.1 Å². The molecule has 3 aromatic rings. The number of aromatic nitrogens is 1. The molecule has 0 amide bonds. The molecule has 158 valence electrons. The molecule has 1 aliphatic carbocycles. The van der Waals surface area contributed by atoms with E-state index in [-0.39, 0.29) is 26.8 Å². The molecule has 2 aliphatic rings. The largest absolute Gasteiger partial charge is 0.506 e.